The molecule has 1 saturated carbocycles. The van der Waals surface area contributed by atoms with Gasteiger partial charge in [0.15, 0.2) is 0 Å². The zero-order valence-corrected chi connectivity index (χ0v) is 11.4. The van der Waals surface area contributed by atoms with Crippen molar-refractivity contribution in [3.63, 3.8) is 0 Å². The summed E-state index contributed by atoms with van der Waals surface area (Å²) < 4.78 is 2.42. The van der Waals surface area contributed by atoms with Gasteiger partial charge in [-0.15, -0.1) is 0 Å². The Bertz CT molecular complexity index is 189. The predicted molar refractivity (Wildman–Crippen MR) is 68.6 cm³/mol. The van der Waals surface area contributed by atoms with Gasteiger partial charge in [0.2, 0.25) is 0 Å². The smallest absolute Gasteiger partial charge is 0.0201 e. The fourth-order valence-corrected chi connectivity index (χ4v) is 4.31. The fraction of sp³-hybridized carbons (Fsp3) is 1.00. The number of rotatable bonds is 2. The van der Waals surface area contributed by atoms with Crippen molar-refractivity contribution in [3.05, 3.63) is 0 Å². The van der Waals surface area contributed by atoms with E-state index in [4.69, 9.17) is 0 Å². The SMILES string of the molecule is CC(C)NC1CCC2(CC1)CN(I)C2. The highest BCUT2D eigenvalue weighted by molar-refractivity contribution is 14.1. The first-order valence-corrected chi connectivity index (χ1v) is 6.73. The average molecular weight is 308 g/mol. The van der Waals surface area contributed by atoms with Crippen LogP contribution in [0.3, 0.4) is 0 Å². The van der Waals surface area contributed by atoms with Crippen molar-refractivity contribution in [1.82, 2.24) is 8.43 Å². The molecular weight excluding hydrogens is 287 g/mol. The van der Waals surface area contributed by atoms with Crippen LogP contribution in [-0.2, 0) is 0 Å². The molecule has 0 atom stereocenters. The van der Waals surface area contributed by atoms with Gasteiger partial charge in [-0.1, -0.05) is 13.8 Å². The van der Waals surface area contributed by atoms with Gasteiger partial charge in [0.25, 0.3) is 0 Å². The van der Waals surface area contributed by atoms with Crippen LogP contribution < -0.4 is 5.32 Å². The van der Waals surface area contributed by atoms with Crippen LogP contribution in [-0.4, -0.2) is 28.3 Å². The molecule has 0 unspecified atom stereocenters. The first-order valence-electron chi connectivity index (χ1n) is 5.76. The Balaban J connectivity index is 1.75. The van der Waals surface area contributed by atoms with E-state index in [9.17, 15) is 0 Å². The molecule has 0 aromatic heterocycles. The van der Waals surface area contributed by atoms with E-state index in [1.54, 1.807) is 0 Å². The van der Waals surface area contributed by atoms with Crippen LogP contribution in [0, 0.1) is 5.41 Å². The molecule has 1 spiro atoms. The molecule has 14 heavy (non-hydrogen) atoms. The molecule has 1 heterocycles. The molecule has 3 heteroatoms. The van der Waals surface area contributed by atoms with Crippen LogP contribution in [0.4, 0.5) is 0 Å². The summed E-state index contributed by atoms with van der Waals surface area (Å²) in [5, 5.41) is 3.66. The first-order chi connectivity index (χ1) is 6.60. The Morgan fingerprint density at radius 1 is 1.29 bits per heavy atom. The van der Waals surface area contributed by atoms with E-state index in [1.165, 1.54) is 38.8 Å². The molecule has 2 rings (SSSR count). The Kier molecular flexibility index (Phi) is 3.39. The van der Waals surface area contributed by atoms with E-state index in [0.29, 0.717) is 6.04 Å². The van der Waals surface area contributed by atoms with Crippen LogP contribution in [0.1, 0.15) is 39.5 Å². The second-order valence-corrected chi connectivity index (χ2v) is 6.74. The largest absolute Gasteiger partial charge is 0.312 e. The van der Waals surface area contributed by atoms with Gasteiger partial charge in [-0.05, 0) is 31.1 Å². The Morgan fingerprint density at radius 2 is 1.86 bits per heavy atom. The van der Waals surface area contributed by atoms with Gasteiger partial charge in [0, 0.05) is 48.0 Å². The van der Waals surface area contributed by atoms with Gasteiger partial charge in [0.05, 0.1) is 0 Å². The molecule has 2 nitrogen and oxygen atoms in total. The summed E-state index contributed by atoms with van der Waals surface area (Å²) in [6.07, 6.45) is 5.67. The maximum atomic E-state index is 3.66. The second-order valence-electron chi connectivity index (χ2n) is 5.37. The van der Waals surface area contributed by atoms with Gasteiger partial charge in [-0.3, -0.25) is 0 Å². The molecule has 1 aliphatic carbocycles. The molecule has 2 fully saturated rings. The van der Waals surface area contributed by atoms with Crippen LogP contribution in [0.5, 0.6) is 0 Å². The fourth-order valence-electron chi connectivity index (χ4n) is 2.87. The zero-order chi connectivity index (χ0) is 10.2. The van der Waals surface area contributed by atoms with Crippen molar-refractivity contribution in [2.75, 3.05) is 13.1 Å². The minimum Gasteiger partial charge on any atom is -0.312 e. The van der Waals surface area contributed by atoms with Crippen molar-refractivity contribution in [3.8, 4) is 0 Å². The normalized spacial score (nSPS) is 28.3. The third-order valence-corrected chi connectivity index (χ3v) is 4.31. The summed E-state index contributed by atoms with van der Waals surface area (Å²) in [6.45, 7) is 7.17. The Morgan fingerprint density at radius 3 is 2.29 bits per heavy atom. The number of hydrogen-bond donors (Lipinski definition) is 1. The summed E-state index contributed by atoms with van der Waals surface area (Å²) in [7, 11) is 0. The molecule has 1 saturated heterocycles. The van der Waals surface area contributed by atoms with Crippen LogP contribution >= 0.6 is 22.9 Å². The van der Waals surface area contributed by atoms with Crippen molar-refractivity contribution < 1.29 is 0 Å². The summed E-state index contributed by atoms with van der Waals surface area (Å²) in [6, 6.07) is 1.44. The maximum Gasteiger partial charge on any atom is 0.0201 e. The molecule has 1 N–H and O–H groups in total. The van der Waals surface area contributed by atoms with E-state index < -0.39 is 0 Å². The van der Waals surface area contributed by atoms with Crippen molar-refractivity contribution in [2.45, 2.75) is 51.6 Å². The second kappa shape index (κ2) is 4.26. The van der Waals surface area contributed by atoms with E-state index in [2.05, 4.69) is 45.1 Å². The lowest BCUT2D eigenvalue weighted by atomic mass is 9.68. The van der Waals surface area contributed by atoms with Crippen molar-refractivity contribution in [1.29, 1.82) is 0 Å². The molecule has 0 aromatic rings. The molecule has 0 aromatic carbocycles. The molecule has 2 aliphatic rings. The summed E-state index contributed by atoms with van der Waals surface area (Å²) in [5.74, 6) is 0. The summed E-state index contributed by atoms with van der Waals surface area (Å²) in [5.41, 5.74) is 0.719. The number of nitrogens with one attached hydrogen (secondary N) is 1. The first kappa shape index (κ1) is 11.1. The highest BCUT2D eigenvalue weighted by Gasteiger charge is 2.44. The van der Waals surface area contributed by atoms with E-state index in [1.807, 2.05) is 0 Å². The molecule has 1 aliphatic heterocycles. The van der Waals surface area contributed by atoms with Crippen LogP contribution in [0.25, 0.3) is 0 Å². The quantitative estimate of drug-likeness (QED) is 0.623. The van der Waals surface area contributed by atoms with Crippen molar-refractivity contribution in [2.24, 2.45) is 5.41 Å². The third-order valence-electron chi connectivity index (χ3n) is 3.63. The summed E-state index contributed by atoms with van der Waals surface area (Å²) >= 11 is 2.45. The number of halogens is 1. The zero-order valence-electron chi connectivity index (χ0n) is 9.22. The van der Waals surface area contributed by atoms with Crippen LogP contribution in [0.2, 0.25) is 0 Å². The van der Waals surface area contributed by atoms with Crippen LogP contribution in [0.15, 0.2) is 0 Å². The minimum atomic E-state index is 0.650. The van der Waals surface area contributed by atoms with Crippen molar-refractivity contribution >= 4 is 22.9 Å². The standard InChI is InChI=1S/C11H21IN2/c1-9(2)13-10-3-5-11(6-4-10)7-14(12)8-11/h9-10,13H,3-8H2,1-2H3. The lowest BCUT2D eigenvalue weighted by Crippen LogP contribution is -2.54. The van der Waals surface area contributed by atoms with Gasteiger partial charge < -0.3 is 5.32 Å². The summed E-state index contributed by atoms with van der Waals surface area (Å²) in [4.78, 5) is 0. The van der Waals surface area contributed by atoms with E-state index >= 15 is 0 Å². The van der Waals surface area contributed by atoms with Gasteiger partial charge in [-0.25, -0.2) is 3.11 Å². The third kappa shape index (κ3) is 2.42. The Labute approximate surface area is 101 Å². The van der Waals surface area contributed by atoms with E-state index in [0.717, 1.165) is 11.5 Å². The highest BCUT2D eigenvalue weighted by atomic mass is 127. The van der Waals surface area contributed by atoms with Gasteiger partial charge in [-0.2, -0.15) is 0 Å². The van der Waals surface area contributed by atoms with Gasteiger partial charge in [0.1, 0.15) is 0 Å². The number of hydrogen-bond acceptors (Lipinski definition) is 2. The molecule has 0 bridgehead atoms. The lowest BCUT2D eigenvalue weighted by molar-refractivity contribution is 0.0392. The predicted octanol–water partition coefficient (Wildman–Crippen LogP) is 2.58. The van der Waals surface area contributed by atoms with Gasteiger partial charge >= 0.3 is 0 Å². The molecule has 82 valence electrons. The molecule has 0 amide bonds. The topological polar surface area (TPSA) is 15.3 Å². The Hall–Kier alpha value is 0.650. The molecular formula is C11H21IN2. The van der Waals surface area contributed by atoms with E-state index in [-0.39, 0.29) is 0 Å². The maximum absolute atomic E-state index is 3.66. The average Bonchev–Trinajstić information content (AvgIpc) is 2.05. The highest BCUT2D eigenvalue weighted by Crippen LogP contribution is 2.45. The minimum absolute atomic E-state index is 0.650. The lowest BCUT2D eigenvalue weighted by Gasteiger charge is -2.51. The molecule has 0 radical (unpaired) electrons. The monoisotopic (exact) mass is 308 g/mol. The number of nitrogens with zero attached hydrogens (tertiary/aromatic N) is 1.